The Labute approximate surface area is 150 Å². The van der Waals surface area contributed by atoms with Gasteiger partial charge in [0, 0.05) is 16.1 Å². The molecule has 2 atom stereocenters. The van der Waals surface area contributed by atoms with Gasteiger partial charge < -0.3 is 5.32 Å². The Bertz CT molecular complexity index is 706. The van der Waals surface area contributed by atoms with Crippen LogP contribution >= 0.6 is 34.8 Å². The van der Waals surface area contributed by atoms with Crippen LogP contribution in [0.15, 0.2) is 42.5 Å². The van der Waals surface area contributed by atoms with Crippen LogP contribution in [-0.4, -0.2) is 11.9 Å². The molecule has 0 saturated heterocycles. The highest BCUT2D eigenvalue weighted by Gasteiger charge is 2.17. The van der Waals surface area contributed by atoms with Crippen LogP contribution in [0, 0.1) is 0 Å². The summed E-state index contributed by atoms with van der Waals surface area (Å²) in [6.45, 7) is 3.77. The van der Waals surface area contributed by atoms with Gasteiger partial charge in [-0.3, -0.25) is 10.1 Å². The van der Waals surface area contributed by atoms with Crippen molar-refractivity contribution in [3.63, 3.8) is 0 Å². The summed E-state index contributed by atoms with van der Waals surface area (Å²) in [6.07, 6.45) is 0. The Morgan fingerprint density at radius 2 is 1.70 bits per heavy atom. The van der Waals surface area contributed by atoms with Gasteiger partial charge in [-0.2, -0.15) is 0 Å². The van der Waals surface area contributed by atoms with Crippen LogP contribution in [0.3, 0.4) is 0 Å². The van der Waals surface area contributed by atoms with Crippen molar-refractivity contribution in [3.8, 4) is 0 Å². The molecule has 0 spiro atoms. The smallest absolute Gasteiger partial charge is 0.241 e. The first-order valence-corrected chi connectivity index (χ1v) is 8.27. The molecule has 0 radical (unpaired) electrons. The fourth-order valence-electron chi connectivity index (χ4n) is 2.15. The maximum absolute atomic E-state index is 12.3. The molecule has 23 heavy (non-hydrogen) atoms. The zero-order valence-corrected chi connectivity index (χ0v) is 15.0. The molecule has 0 aromatic heterocycles. The quantitative estimate of drug-likeness (QED) is 0.746. The van der Waals surface area contributed by atoms with Crippen LogP contribution < -0.4 is 10.6 Å². The molecule has 0 aliphatic carbocycles. The third-order valence-electron chi connectivity index (χ3n) is 3.43. The molecule has 0 aliphatic heterocycles. The molecule has 0 fully saturated rings. The molecule has 2 aromatic rings. The minimum Gasteiger partial charge on any atom is -0.323 e. The lowest BCUT2D eigenvalue weighted by atomic mass is 10.1. The SMILES string of the molecule is C[C@@H](N[C@H](C)c1cccc(Cl)c1)C(=O)Nc1ccc(Cl)cc1Cl. The first kappa shape index (κ1) is 18.1. The third kappa shape index (κ3) is 5.11. The molecule has 0 unspecified atom stereocenters. The van der Waals surface area contributed by atoms with E-state index in [0.29, 0.717) is 20.8 Å². The molecule has 122 valence electrons. The number of benzene rings is 2. The predicted molar refractivity (Wildman–Crippen MR) is 97.6 cm³/mol. The second-order valence-electron chi connectivity index (χ2n) is 5.28. The van der Waals surface area contributed by atoms with Crippen molar-refractivity contribution in [2.75, 3.05) is 5.32 Å². The molecule has 2 aromatic carbocycles. The number of anilines is 1. The van der Waals surface area contributed by atoms with E-state index in [2.05, 4.69) is 10.6 Å². The normalized spacial score (nSPS) is 13.4. The first-order chi connectivity index (χ1) is 10.9. The highest BCUT2D eigenvalue weighted by Crippen LogP contribution is 2.25. The standard InChI is InChI=1S/C17H17Cl3N2O/c1-10(12-4-3-5-13(18)8-12)21-11(2)17(23)22-16-7-6-14(19)9-15(16)20/h3-11,21H,1-2H3,(H,22,23)/t10-,11-/m1/s1. The number of nitrogens with one attached hydrogen (secondary N) is 2. The molecule has 0 heterocycles. The van der Waals surface area contributed by atoms with E-state index in [1.807, 2.05) is 31.2 Å². The molecular formula is C17H17Cl3N2O. The van der Waals surface area contributed by atoms with Gasteiger partial charge in [-0.15, -0.1) is 0 Å². The van der Waals surface area contributed by atoms with Crippen molar-refractivity contribution in [3.05, 3.63) is 63.1 Å². The van der Waals surface area contributed by atoms with Crippen molar-refractivity contribution in [1.29, 1.82) is 0 Å². The predicted octanol–water partition coefficient (Wildman–Crippen LogP) is 5.32. The number of carbonyl (C=O) groups is 1. The minimum absolute atomic E-state index is 0.0184. The summed E-state index contributed by atoms with van der Waals surface area (Å²) >= 11 is 17.9. The largest absolute Gasteiger partial charge is 0.323 e. The molecule has 6 heteroatoms. The molecule has 2 rings (SSSR count). The molecule has 0 bridgehead atoms. The van der Waals surface area contributed by atoms with E-state index in [9.17, 15) is 4.79 Å². The summed E-state index contributed by atoms with van der Waals surface area (Å²) in [7, 11) is 0. The van der Waals surface area contributed by atoms with Gasteiger partial charge in [0.25, 0.3) is 0 Å². The van der Waals surface area contributed by atoms with E-state index >= 15 is 0 Å². The average molecular weight is 372 g/mol. The second-order valence-corrected chi connectivity index (χ2v) is 6.56. The van der Waals surface area contributed by atoms with Crippen molar-refractivity contribution in [2.24, 2.45) is 0 Å². The minimum atomic E-state index is -0.407. The number of carbonyl (C=O) groups excluding carboxylic acids is 1. The summed E-state index contributed by atoms with van der Waals surface area (Å²) < 4.78 is 0. The summed E-state index contributed by atoms with van der Waals surface area (Å²) in [5.74, 6) is -0.178. The van der Waals surface area contributed by atoms with Gasteiger partial charge in [0.2, 0.25) is 5.91 Å². The van der Waals surface area contributed by atoms with E-state index in [-0.39, 0.29) is 11.9 Å². The fourth-order valence-corrected chi connectivity index (χ4v) is 2.81. The van der Waals surface area contributed by atoms with Crippen molar-refractivity contribution in [1.82, 2.24) is 5.32 Å². The fraction of sp³-hybridized carbons (Fsp3) is 0.235. The molecule has 3 nitrogen and oxygen atoms in total. The maximum atomic E-state index is 12.3. The van der Waals surface area contributed by atoms with Gasteiger partial charge in [0.05, 0.1) is 16.8 Å². The second kappa shape index (κ2) is 8.02. The zero-order valence-electron chi connectivity index (χ0n) is 12.7. The Hall–Kier alpha value is -1.26. The lowest BCUT2D eigenvalue weighted by Crippen LogP contribution is -2.39. The first-order valence-electron chi connectivity index (χ1n) is 7.14. The number of rotatable bonds is 5. The van der Waals surface area contributed by atoms with Crippen LogP contribution in [0.1, 0.15) is 25.5 Å². The molecular weight excluding hydrogens is 355 g/mol. The Morgan fingerprint density at radius 3 is 2.35 bits per heavy atom. The van der Waals surface area contributed by atoms with Crippen LogP contribution in [0.2, 0.25) is 15.1 Å². The topological polar surface area (TPSA) is 41.1 Å². The molecule has 0 aliphatic rings. The van der Waals surface area contributed by atoms with Gasteiger partial charge in [-0.1, -0.05) is 46.9 Å². The van der Waals surface area contributed by atoms with Gasteiger partial charge in [0.15, 0.2) is 0 Å². The Balaban J connectivity index is 1.99. The van der Waals surface area contributed by atoms with Gasteiger partial charge >= 0.3 is 0 Å². The summed E-state index contributed by atoms with van der Waals surface area (Å²) in [5.41, 5.74) is 1.55. The van der Waals surface area contributed by atoms with E-state index in [1.54, 1.807) is 25.1 Å². The summed E-state index contributed by atoms with van der Waals surface area (Å²) in [5, 5.41) is 7.62. The van der Waals surface area contributed by atoms with Crippen molar-refractivity contribution < 1.29 is 4.79 Å². The maximum Gasteiger partial charge on any atom is 0.241 e. The van der Waals surface area contributed by atoms with E-state index in [0.717, 1.165) is 5.56 Å². The number of amides is 1. The van der Waals surface area contributed by atoms with Crippen LogP contribution in [0.25, 0.3) is 0 Å². The average Bonchev–Trinajstić information content (AvgIpc) is 2.49. The molecule has 1 amide bonds. The number of hydrogen-bond donors (Lipinski definition) is 2. The monoisotopic (exact) mass is 370 g/mol. The summed E-state index contributed by atoms with van der Waals surface area (Å²) in [4.78, 5) is 12.3. The van der Waals surface area contributed by atoms with Crippen LogP contribution in [-0.2, 0) is 4.79 Å². The van der Waals surface area contributed by atoms with Crippen molar-refractivity contribution in [2.45, 2.75) is 25.9 Å². The molecule has 2 N–H and O–H groups in total. The van der Waals surface area contributed by atoms with Gasteiger partial charge in [-0.25, -0.2) is 0 Å². The van der Waals surface area contributed by atoms with Gasteiger partial charge in [-0.05, 0) is 49.7 Å². The highest BCUT2D eigenvalue weighted by atomic mass is 35.5. The van der Waals surface area contributed by atoms with Gasteiger partial charge in [0.1, 0.15) is 0 Å². The zero-order chi connectivity index (χ0) is 17.0. The summed E-state index contributed by atoms with van der Waals surface area (Å²) in [6, 6.07) is 12.1. The Morgan fingerprint density at radius 1 is 1.00 bits per heavy atom. The Kier molecular flexibility index (Phi) is 6.31. The van der Waals surface area contributed by atoms with E-state index in [1.165, 1.54) is 0 Å². The van der Waals surface area contributed by atoms with Crippen LogP contribution in [0.4, 0.5) is 5.69 Å². The van der Waals surface area contributed by atoms with Crippen molar-refractivity contribution >= 4 is 46.4 Å². The van der Waals surface area contributed by atoms with E-state index in [4.69, 9.17) is 34.8 Å². The highest BCUT2D eigenvalue weighted by molar-refractivity contribution is 6.36. The number of hydrogen-bond acceptors (Lipinski definition) is 2. The third-order valence-corrected chi connectivity index (χ3v) is 4.21. The lowest BCUT2D eigenvalue weighted by Gasteiger charge is -2.20. The lowest BCUT2D eigenvalue weighted by molar-refractivity contribution is -0.117. The van der Waals surface area contributed by atoms with Crippen LogP contribution in [0.5, 0.6) is 0 Å². The molecule has 0 saturated carbocycles. The van der Waals surface area contributed by atoms with E-state index < -0.39 is 6.04 Å². The number of halogens is 3.